The van der Waals surface area contributed by atoms with Crippen LogP contribution in [0.25, 0.3) is 5.57 Å². The van der Waals surface area contributed by atoms with Crippen LogP contribution in [0.3, 0.4) is 0 Å². The molecule has 9 heteroatoms. The average Bonchev–Trinajstić information content (AvgIpc) is 3.07. The van der Waals surface area contributed by atoms with Crippen LogP contribution < -0.4 is 14.3 Å². The predicted octanol–water partition coefficient (Wildman–Crippen LogP) is 1.26. The summed E-state index contributed by atoms with van der Waals surface area (Å²) in [7, 11) is -4.20. The van der Waals surface area contributed by atoms with Crippen molar-refractivity contribution in [2.75, 3.05) is 17.4 Å². The quantitative estimate of drug-likeness (QED) is 0.729. The Morgan fingerprint density at radius 1 is 1.31 bits per heavy atom. The van der Waals surface area contributed by atoms with E-state index in [1.165, 1.54) is 31.4 Å². The number of amides is 1. The van der Waals surface area contributed by atoms with Crippen molar-refractivity contribution in [3.63, 3.8) is 0 Å². The molecule has 2 heterocycles. The lowest BCUT2D eigenvalue weighted by Gasteiger charge is -2.27. The maximum Gasteiger partial charge on any atom is 0.326 e. The van der Waals surface area contributed by atoms with E-state index in [9.17, 15) is 18.3 Å². The SMILES string of the molecule is O=C1CN(c2c(O)ccc(C3=C[C@H](CC4CCC4)NC3)c2F)S(=O)(=O)N1. The van der Waals surface area contributed by atoms with Crippen LogP contribution in [0.1, 0.15) is 31.2 Å². The minimum Gasteiger partial charge on any atom is -0.506 e. The van der Waals surface area contributed by atoms with Gasteiger partial charge in [-0.3, -0.25) is 4.79 Å². The van der Waals surface area contributed by atoms with Gasteiger partial charge in [0, 0.05) is 18.2 Å². The molecule has 26 heavy (non-hydrogen) atoms. The van der Waals surface area contributed by atoms with Crippen molar-refractivity contribution in [1.82, 2.24) is 10.0 Å². The van der Waals surface area contributed by atoms with Gasteiger partial charge < -0.3 is 10.4 Å². The van der Waals surface area contributed by atoms with Crippen LogP contribution in [0.5, 0.6) is 5.75 Å². The van der Waals surface area contributed by atoms with E-state index >= 15 is 4.39 Å². The molecule has 7 nitrogen and oxygen atoms in total. The van der Waals surface area contributed by atoms with Gasteiger partial charge in [-0.25, -0.2) is 13.4 Å². The van der Waals surface area contributed by atoms with Crippen molar-refractivity contribution in [3.05, 3.63) is 29.6 Å². The van der Waals surface area contributed by atoms with Crippen LogP contribution in [0.15, 0.2) is 18.2 Å². The summed E-state index contributed by atoms with van der Waals surface area (Å²) in [5, 5.41) is 13.4. The minimum atomic E-state index is -4.20. The van der Waals surface area contributed by atoms with Crippen LogP contribution in [-0.2, 0) is 15.0 Å². The summed E-state index contributed by atoms with van der Waals surface area (Å²) >= 11 is 0. The number of nitrogens with one attached hydrogen (secondary N) is 2. The average molecular weight is 381 g/mol. The van der Waals surface area contributed by atoms with E-state index in [1.54, 1.807) is 4.72 Å². The number of benzene rings is 1. The fraction of sp³-hybridized carbons (Fsp3) is 0.471. The van der Waals surface area contributed by atoms with Crippen LogP contribution in [0, 0.1) is 11.7 Å². The van der Waals surface area contributed by atoms with E-state index in [4.69, 9.17) is 0 Å². The highest BCUT2D eigenvalue weighted by molar-refractivity contribution is 7.92. The zero-order valence-electron chi connectivity index (χ0n) is 14.0. The van der Waals surface area contributed by atoms with Gasteiger partial charge in [0.05, 0.1) is 0 Å². The Kier molecular flexibility index (Phi) is 4.15. The maximum absolute atomic E-state index is 15.1. The van der Waals surface area contributed by atoms with E-state index < -0.39 is 39.9 Å². The molecule has 1 aromatic rings. The van der Waals surface area contributed by atoms with E-state index in [1.807, 2.05) is 6.08 Å². The monoisotopic (exact) mass is 381 g/mol. The first kappa shape index (κ1) is 17.3. The Balaban J connectivity index is 1.66. The Labute approximate surface area is 151 Å². The van der Waals surface area contributed by atoms with Crippen LogP contribution in [0.4, 0.5) is 10.1 Å². The van der Waals surface area contributed by atoms with E-state index in [2.05, 4.69) is 5.32 Å². The number of nitrogens with zero attached hydrogens (tertiary/aromatic N) is 1. The van der Waals surface area contributed by atoms with Crippen LogP contribution in [0.2, 0.25) is 0 Å². The fourth-order valence-electron chi connectivity index (χ4n) is 3.71. The Morgan fingerprint density at radius 2 is 2.08 bits per heavy atom. The van der Waals surface area contributed by atoms with Crippen molar-refractivity contribution in [2.45, 2.75) is 31.7 Å². The minimum absolute atomic E-state index is 0.172. The molecule has 1 atom stereocenters. The van der Waals surface area contributed by atoms with Gasteiger partial charge in [0.2, 0.25) is 0 Å². The number of halogens is 1. The normalized spacial score (nSPS) is 25.1. The third kappa shape index (κ3) is 2.95. The third-order valence-corrected chi connectivity index (χ3v) is 6.66. The summed E-state index contributed by atoms with van der Waals surface area (Å²) in [6.07, 6.45) is 6.70. The Hall–Kier alpha value is -2.13. The molecular weight excluding hydrogens is 361 g/mol. The molecule has 2 fully saturated rings. The van der Waals surface area contributed by atoms with Gasteiger partial charge in [0.1, 0.15) is 18.0 Å². The zero-order valence-corrected chi connectivity index (χ0v) is 14.9. The second-order valence-electron chi connectivity index (χ2n) is 7.04. The number of hydrogen-bond donors (Lipinski definition) is 3. The molecule has 0 unspecified atom stereocenters. The fourth-order valence-corrected chi connectivity index (χ4v) is 4.87. The van der Waals surface area contributed by atoms with Gasteiger partial charge in [-0.05, 0) is 30.0 Å². The number of aromatic hydroxyl groups is 1. The summed E-state index contributed by atoms with van der Waals surface area (Å²) in [5.41, 5.74) is 0.462. The first-order valence-electron chi connectivity index (χ1n) is 8.64. The van der Waals surface area contributed by atoms with Gasteiger partial charge in [0.15, 0.2) is 5.82 Å². The first-order chi connectivity index (χ1) is 12.3. The smallest absolute Gasteiger partial charge is 0.326 e. The van der Waals surface area contributed by atoms with E-state index in [0.29, 0.717) is 16.8 Å². The number of carbonyl (C=O) groups excluding carboxylic acids is 1. The topological polar surface area (TPSA) is 98.7 Å². The first-order valence-corrected chi connectivity index (χ1v) is 10.1. The highest BCUT2D eigenvalue weighted by Crippen LogP contribution is 2.38. The third-order valence-electron chi connectivity index (χ3n) is 5.28. The van der Waals surface area contributed by atoms with Crippen LogP contribution >= 0.6 is 0 Å². The number of phenolic OH excluding ortho intramolecular Hbond substituents is 1. The van der Waals surface area contributed by atoms with Crippen LogP contribution in [-0.4, -0.2) is 38.6 Å². The number of phenols is 1. The number of anilines is 1. The highest BCUT2D eigenvalue weighted by atomic mass is 32.2. The molecule has 1 saturated heterocycles. The molecule has 3 aliphatic rings. The molecule has 140 valence electrons. The Morgan fingerprint density at radius 3 is 2.69 bits per heavy atom. The van der Waals surface area contributed by atoms with Crippen molar-refractivity contribution in [3.8, 4) is 5.75 Å². The van der Waals surface area contributed by atoms with Gasteiger partial charge in [-0.15, -0.1) is 0 Å². The molecule has 0 bridgehead atoms. The van der Waals surface area contributed by atoms with Gasteiger partial charge >= 0.3 is 10.2 Å². The number of rotatable bonds is 4. The van der Waals surface area contributed by atoms with Gasteiger partial charge in [-0.2, -0.15) is 8.42 Å². The molecule has 3 N–H and O–H groups in total. The highest BCUT2D eigenvalue weighted by Gasteiger charge is 2.38. The summed E-state index contributed by atoms with van der Waals surface area (Å²) in [6, 6.07) is 2.86. The van der Waals surface area contributed by atoms with E-state index in [-0.39, 0.29) is 11.6 Å². The summed E-state index contributed by atoms with van der Waals surface area (Å²) in [6.45, 7) is -0.0830. The molecule has 1 aromatic carbocycles. The van der Waals surface area contributed by atoms with Crippen molar-refractivity contribution >= 4 is 27.4 Å². The Bertz CT molecular complexity index is 896. The molecule has 4 rings (SSSR count). The largest absolute Gasteiger partial charge is 0.506 e. The van der Waals surface area contributed by atoms with Gasteiger partial charge in [-0.1, -0.05) is 25.3 Å². The van der Waals surface area contributed by atoms with Crippen molar-refractivity contribution in [1.29, 1.82) is 0 Å². The van der Waals surface area contributed by atoms with E-state index in [0.717, 1.165) is 12.0 Å². The molecule has 1 saturated carbocycles. The molecule has 2 aliphatic heterocycles. The molecule has 1 aliphatic carbocycles. The number of carbonyl (C=O) groups is 1. The molecule has 0 radical (unpaired) electrons. The maximum atomic E-state index is 15.1. The zero-order chi connectivity index (χ0) is 18.5. The van der Waals surface area contributed by atoms with Crippen molar-refractivity contribution < 1.29 is 22.7 Å². The lowest BCUT2D eigenvalue weighted by molar-refractivity contribution is -0.117. The summed E-state index contributed by atoms with van der Waals surface area (Å²) in [5.74, 6) is -1.43. The lowest BCUT2D eigenvalue weighted by Crippen LogP contribution is -2.30. The lowest BCUT2D eigenvalue weighted by atomic mass is 9.81. The molecule has 1 amide bonds. The summed E-state index contributed by atoms with van der Waals surface area (Å²) in [4.78, 5) is 11.4. The molecular formula is C17H20FN3O4S. The van der Waals surface area contributed by atoms with Crippen molar-refractivity contribution in [2.24, 2.45) is 5.92 Å². The molecule has 0 spiro atoms. The second kappa shape index (κ2) is 6.24. The molecule has 0 aromatic heterocycles. The standard InChI is InChI=1S/C17H20FN3O4S/c18-16-13(11-7-12(19-8-11)6-10-2-1-3-10)4-5-14(22)17(16)21-9-15(23)20-26(21,24)25/h4-5,7,10,12,19,22H,1-3,6,8-9H2,(H,20,23)/t12-/m0/s1. The van der Waals surface area contributed by atoms with Gasteiger partial charge in [0.25, 0.3) is 5.91 Å². The second-order valence-corrected chi connectivity index (χ2v) is 8.64. The summed E-state index contributed by atoms with van der Waals surface area (Å²) < 4.78 is 41.5. The number of hydrogen-bond acceptors (Lipinski definition) is 5. The predicted molar refractivity (Wildman–Crippen MR) is 94.2 cm³/mol.